The Kier molecular flexibility index (Phi) is 3.34. The number of hydrogen-bond donors (Lipinski definition) is 1. The fraction of sp³-hybridized carbons (Fsp3) is 0.545. The summed E-state index contributed by atoms with van der Waals surface area (Å²) in [5.41, 5.74) is -0.703. The smallest absolute Gasteiger partial charge is 0.433 e. The number of anilines is 1. The number of aromatic nitrogens is 2. The van der Waals surface area contributed by atoms with Crippen molar-refractivity contribution in [2.24, 2.45) is 0 Å². The lowest BCUT2D eigenvalue weighted by atomic mass is 10.2. The molecule has 5 nitrogen and oxygen atoms in total. The Morgan fingerprint density at radius 3 is 2.58 bits per heavy atom. The van der Waals surface area contributed by atoms with E-state index >= 15 is 0 Å². The average Bonchev–Trinajstić information content (AvgIpc) is 3.10. The van der Waals surface area contributed by atoms with Gasteiger partial charge in [-0.25, -0.2) is 9.97 Å². The molecule has 1 fully saturated rings. The number of alkyl halides is 3. The molecular weight excluding hydrogens is 263 g/mol. The molecule has 0 radical (unpaired) electrons. The molecule has 0 spiro atoms. The molecule has 1 saturated carbocycles. The van der Waals surface area contributed by atoms with Crippen molar-refractivity contribution in [3.8, 4) is 0 Å². The molecule has 1 aliphatic rings. The quantitative estimate of drug-likeness (QED) is 0.909. The van der Waals surface area contributed by atoms with Gasteiger partial charge in [-0.3, -0.25) is 4.79 Å². The normalized spacial score (nSPS) is 15.4. The van der Waals surface area contributed by atoms with Crippen LogP contribution in [0.15, 0.2) is 6.07 Å². The van der Waals surface area contributed by atoms with E-state index in [-0.39, 0.29) is 11.9 Å². The Labute approximate surface area is 107 Å². The number of carboxylic acid groups (broad SMARTS) is 1. The summed E-state index contributed by atoms with van der Waals surface area (Å²) in [7, 11) is 1.35. The Morgan fingerprint density at radius 1 is 1.47 bits per heavy atom. The number of likely N-dealkylation sites (N-methyl/N-ethyl adjacent to an activating group) is 1. The van der Waals surface area contributed by atoms with E-state index in [1.54, 1.807) is 0 Å². The molecular formula is C11H12F3N3O2. The average molecular weight is 275 g/mol. The number of hydrogen-bond acceptors (Lipinski definition) is 4. The highest BCUT2D eigenvalue weighted by Gasteiger charge is 2.36. The highest BCUT2D eigenvalue weighted by Crippen LogP contribution is 2.41. The first-order valence-corrected chi connectivity index (χ1v) is 5.66. The topological polar surface area (TPSA) is 66.3 Å². The van der Waals surface area contributed by atoms with Crippen molar-refractivity contribution in [3.63, 3.8) is 0 Å². The first-order valence-electron chi connectivity index (χ1n) is 5.66. The van der Waals surface area contributed by atoms with Crippen molar-refractivity contribution in [1.29, 1.82) is 0 Å². The predicted octanol–water partition coefficient (Wildman–Crippen LogP) is 1.89. The van der Waals surface area contributed by atoms with Gasteiger partial charge in [0.05, 0.1) is 0 Å². The maximum Gasteiger partial charge on any atom is 0.433 e. The maximum atomic E-state index is 12.7. The van der Waals surface area contributed by atoms with Crippen LogP contribution in [0, 0.1) is 0 Å². The lowest BCUT2D eigenvalue weighted by Crippen LogP contribution is -2.28. The van der Waals surface area contributed by atoms with Crippen LogP contribution in [0.4, 0.5) is 19.1 Å². The summed E-state index contributed by atoms with van der Waals surface area (Å²) in [5, 5.41) is 8.65. The third-order valence-electron chi connectivity index (χ3n) is 2.73. The van der Waals surface area contributed by atoms with E-state index < -0.39 is 24.4 Å². The van der Waals surface area contributed by atoms with E-state index in [9.17, 15) is 18.0 Å². The van der Waals surface area contributed by atoms with Crippen LogP contribution in [-0.2, 0) is 11.0 Å². The predicted molar refractivity (Wildman–Crippen MR) is 59.9 cm³/mol. The largest absolute Gasteiger partial charge is 0.480 e. The summed E-state index contributed by atoms with van der Waals surface area (Å²) in [4.78, 5) is 19.1. The minimum atomic E-state index is -4.56. The van der Waals surface area contributed by atoms with Crippen LogP contribution in [0.2, 0.25) is 0 Å². The van der Waals surface area contributed by atoms with Crippen molar-refractivity contribution in [2.75, 3.05) is 18.5 Å². The van der Waals surface area contributed by atoms with Crippen LogP contribution in [0.3, 0.4) is 0 Å². The molecule has 0 aromatic carbocycles. The summed E-state index contributed by atoms with van der Waals surface area (Å²) in [6, 6.07) is 0.940. The number of carbonyl (C=O) groups is 1. The molecule has 1 N–H and O–H groups in total. The highest BCUT2D eigenvalue weighted by molar-refractivity contribution is 5.72. The van der Waals surface area contributed by atoms with Crippen LogP contribution < -0.4 is 4.90 Å². The molecule has 1 aromatic rings. The van der Waals surface area contributed by atoms with Gasteiger partial charge in [-0.05, 0) is 18.9 Å². The summed E-state index contributed by atoms with van der Waals surface area (Å²) in [6.45, 7) is -0.453. The van der Waals surface area contributed by atoms with E-state index in [0.717, 1.165) is 23.8 Å². The van der Waals surface area contributed by atoms with Gasteiger partial charge >= 0.3 is 12.1 Å². The fourth-order valence-electron chi connectivity index (χ4n) is 1.63. The zero-order valence-corrected chi connectivity index (χ0v) is 10.1. The van der Waals surface area contributed by atoms with E-state index in [0.29, 0.717) is 5.69 Å². The molecule has 0 saturated heterocycles. The molecule has 0 amide bonds. The van der Waals surface area contributed by atoms with Gasteiger partial charge in [-0.2, -0.15) is 13.2 Å². The monoisotopic (exact) mass is 275 g/mol. The van der Waals surface area contributed by atoms with Gasteiger partial charge < -0.3 is 10.0 Å². The zero-order valence-electron chi connectivity index (χ0n) is 10.1. The standard InChI is InChI=1S/C11H12F3N3O2/c1-17(5-9(18)19)10-15-7(6-2-3-6)4-8(16-10)11(12,13)14/h4,6H,2-3,5H2,1H3,(H,18,19). The minimum absolute atomic E-state index is 0.0288. The lowest BCUT2D eigenvalue weighted by molar-refractivity contribution is -0.141. The molecule has 1 heterocycles. The molecule has 19 heavy (non-hydrogen) atoms. The van der Waals surface area contributed by atoms with Crippen LogP contribution in [0.25, 0.3) is 0 Å². The van der Waals surface area contributed by atoms with Crippen molar-refractivity contribution >= 4 is 11.9 Å². The molecule has 1 aromatic heterocycles. The Morgan fingerprint density at radius 2 is 2.11 bits per heavy atom. The highest BCUT2D eigenvalue weighted by atomic mass is 19.4. The molecule has 8 heteroatoms. The molecule has 104 valence electrons. The number of nitrogens with zero attached hydrogens (tertiary/aromatic N) is 3. The number of aliphatic carboxylic acids is 1. The Bertz CT molecular complexity index is 500. The molecule has 1 aliphatic carbocycles. The number of rotatable bonds is 4. The fourth-order valence-corrected chi connectivity index (χ4v) is 1.63. The number of carboxylic acids is 1. The van der Waals surface area contributed by atoms with Gasteiger partial charge in [0.25, 0.3) is 0 Å². The van der Waals surface area contributed by atoms with Gasteiger partial charge in [0, 0.05) is 18.7 Å². The van der Waals surface area contributed by atoms with Crippen LogP contribution in [0.5, 0.6) is 0 Å². The summed E-state index contributed by atoms with van der Waals surface area (Å²) >= 11 is 0. The zero-order chi connectivity index (χ0) is 14.2. The second kappa shape index (κ2) is 4.67. The molecule has 0 atom stereocenters. The summed E-state index contributed by atoms with van der Waals surface area (Å²) < 4.78 is 38.2. The van der Waals surface area contributed by atoms with Crippen LogP contribution >= 0.6 is 0 Å². The van der Waals surface area contributed by atoms with Gasteiger partial charge in [-0.15, -0.1) is 0 Å². The van der Waals surface area contributed by atoms with Crippen LogP contribution in [0.1, 0.15) is 30.1 Å². The van der Waals surface area contributed by atoms with E-state index in [2.05, 4.69) is 9.97 Å². The Hall–Kier alpha value is -1.86. The van der Waals surface area contributed by atoms with Gasteiger partial charge in [0.1, 0.15) is 12.2 Å². The first-order chi connectivity index (χ1) is 8.77. The third kappa shape index (κ3) is 3.33. The molecule has 0 bridgehead atoms. The van der Waals surface area contributed by atoms with Gasteiger partial charge in [0.2, 0.25) is 5.95 Å². The third-order valence-corrected chi connectivity index (χ3v) is 2.73. The van der Waals surface area contributed by atoms with Gasteiger partial charge in [0.15, 0.2) is 0 Å². The second-order valence-electron chi connectivity index (χ2n) is 4.50. The Balaban J connectivity index is 2.36. The maximum absolute atomic E-state index is 12.7. The van der Waals surface area contributed by atoms with Crippen molar-refractivity contribution in [3.05, 3.63) is 17.5 Å². The van der Waals surface area contributed by atoms with Crippen molar-refractivity contribution in [2.45, 2.75) is 24.9 Å². The van der Waals surface area contributed by atoms with Crippen molar-refractivity contribution < 1.29 is 23.1 Å². The van der Waals surface area contributed by atoms with E-state index in [1.165, 1.54) is 7.05 Å². The SMILES string of the molecule is CN(CC(=O)O)c1nc(C2CC2)cc(C(F)(F)F)n1. The molecule has 2 rings (SSSR count). The first kappa shape index (κ1) is 13.6. The van der Waals surface area contributed by atoms with E-state index in [4.69, 9.17) is 5.11 Å². The molecule has 0 unspecified atom stereocenters. The van der Waals surface area contributed by atoms with Gasteiger partial charge in [-0.1, -0.05) is 0 Å². The second-order valence-corrected chi connectivity index (χ2v) is 4.50. The van der Waals surface area contributed by atoms with Crippen molar-refractivity contribution in [1.82, 2.24) is 9.97 Å². The number of halogens is 3. The molecule has 0 aliphatic heterocycles. The van der Waals surface area contributed by atoms with Crippen LogP contribution in [-0.4, -0.2) is 34.6 Å². The van der Waals surface area contributed by atoms with E-state index in [1.807, 2.05) is 0 Å². The summed E-state index contributed by atoms with van der Waals surface area (Å²) in [6.07, 6.45) is -2.96. The minimum Gasteiger partial charge on any atom is -0.480 e. The summed E-state index contributed by atoms with van der Waals surface area (Å²) in [5.74, 6) is -1.34. The lowest BCUT2D eigenvalue weighted by Gasteiger charge is -2.17.